The average molecular weight is 968 g/mol. The van der Waals surface area contributed by atoms with E-state index in [1.165, 1.54) is 31.2 Å². The first kappa shape index (κ1) is 56.6. The smallest absolute Gasteiger partial charge is 0.475 e. The molecule has 384 valence electrons. The number of aliphatic carboxylic acids is 2. The Labute approximate surface area is 410 Å². The van der Waals surface area contributed by atoms with Crippen molar-refractivity contribution in [2.45, 2.75) is 187 Å². The monoisotopic (exact) mass is 968 g/mol. The van der Waals surface area contributed by atoms with Crippen LogP contribution in [0, 0.1) is 46.3 Å². The van der Waals surface area contributed by atoms with Gasteiger partial charge >= 0.3 is 26.4 Å². The van der Waals surface area contributed by atoms with Gasteiger partial charge in [0, 0.05) is 24.1 Å². The number of Topliss-reactive ketones (excluding diaryl/α,β-unsaturated/α-hetero) is 1. The van der Waals surface area contributed by atoms with E-state index in [9.17, 15) is 22.8 Å². The molecule has 0 spiro atoms. The number of ketones is 1. The SMILES string of the molecule is C.CC1(C)[C@@H]2C[C@H]3OB([C@@H](N)CC4CC4)O[C@@]3(C)[C@H]1C2.CCC[C@H](CC(=O)C(C)Cc1ccccc1)B1O[C@@H]2C[C@@H]3C[C@@H](C3(C)C)[C@]2(C)O1.CNC(Cc1ccccc1)C(=O)O.O=C([O-])C(F)(F)F. The Kier molecular flexibility index (Phi) is 18.6. The van der Waals surface area contributed by atoms with E-state index < -0.39 is 24.2 Å². The van der Waals surface area contributed by atoms with E-state index in [4.69, 9.17) is 39.4 Å². The number of nitrogens with two attached hydrogens (primary N) is 1. The Morgan fingerprint density at radius 2 is 1.26 bits per heavy atom. The second kappa shape index (κ2) is 22.7. The third-order valence-electron chi connectivity index (χ3n) is 17.2. The summed E-state index contributed by atoms with van der Waals surface area (Å²) in [5.41, 5.74) is 9.06. The summed E-state index contributed by atoms with van der Waals surface area (Å²) in [6.07, 6.45) is 7.81. The highest BCUT2D eigenvalue weighted by Crippen LogP contribution is 2.67. The van der Waals surface area contributed by atoms with Crippen LogP contribution < -0.4 is 16.2 Å². The summed E-state index contributed by atoms with van der Waals surface area (Å²) in [6, 6.07) is 19.4. The number of alkyl halides is 3. The molecule has 2 unspecified atom stereocenters. The highest BCUT2D eigenvalue weighted by atomic mass is 19.4. The molecular formula is C53H80B2F3N2O9-. The van der Waals surface area contributed by atoms with E-state index in [0.717, 1.165) is 61.8 Å². The average Bonchev–Trinajstić information content (AvgIpc) is 3.91. The number of nitrogens with one attached hydrogen (secondary N) is 1. The highest BCUT2D eigenvalue weighted by Gasteiger charge is 2.69. The van der Waals surface area contributed by atoms with E-state index in [1.54, 1.807) is 7.05 Å². The number of carboxylic acid groups (broad SMARTS) is 2. The Balaban J connectivity index is 0.000000191. The summed E-state index contributed by atoms with van der Waals surface area (Å²) in [5.74, 6) is 0.389. The van der Waals surface area contributed by atoms with Crippen molar-refractivity contribution in [2.24, 2.45) is 52.1 Å². The predicted molar refractivity (Wildman–Crippen MR) is 262 cm³/mol. The van der Waals surface area contributed by atoms with Crippen molar-refractivity contribution in [1.82, 2.24) is 5.32 Å². The van der Waals surface area contributed by atoms with Gasteiger partial charge in [0.2, 0.25) is 0 Å². The van der Waals surface area contributed by atoms with Gasteiger partial charge in [-0.1, -0.05) is 135 Å². The van der Waals surface area contributed by atoms with Crippen LogP contribution in [0.1, 0.15) is 138 Å². The first-order valence-corrected chi connectivity index (χ1v) is 25.1. The molecule has 12 atom stereocenters. The zero-order valence-corrected chi connectivity index (χ0v) is 41.7. The number of carbonyl (C=O) groups is 3. The molecule has 0 amide bonds. The zero-order chi connectivity index (χ0) is 50.0. The van der Waals surface area contributed by atoms with Gasteiger partial charge in [0.05, 0.1) is 23.4 Å². The van der Waals surface area contributed by atoms with Crippen LogP contribution in [0.5, 0.6) is 0 Å². The van der Waals surface area contributed by atoms with E-state index in [1.807, 2.05) is 48.5 Å². The quantitative estimate of drug-likeness (QED) is 0.146. The van der Waals surface area contributed by atoms with Crippen LogP contribution in [-0.2, 0) is 45.8 Å². The lowest BCUT2D eigenvalue weighted by atomic mass is 9.43. The second-order valence-corrected chi connectivity index (χ2v) is 22.5. The molecule has 9 fully saturated rings. The normalized spacial score (nSPS) is 31.3. The van der Waals surface area contributed by atoms with Crippen LogP contribution in [0.3, 0.4) is 0 Å². The number of likely N-dealkylation sites (N-methyl/N-ethyl adjacent to an activating group) is 1. The molecule has 16 heteroatoms. The van der Waals surface area contributed by atoms with Crippen LogP contribution in [0.25, 0.3) is 0 Å². The van der Waals surface area contributed by atoms with Gasteiger partial charge in [-0.2, -0.15) is 13.2 Å². The van der Waals surface area contributed by atoms with Gasteiger partial charge in [-0.15, -0.1) is 0 Å². The molecule has 11 nitrogen and oxygen atoms in total. The molecule has 2 heterocycles. The summed E-state index contributed by atoms with van der Waals surface area (Å²) in [6.45, 7) is 18.4. The molecule has 0 radical (unpaired) electrons. The molecule has 7 aliphatic carbocycles. The molecule has 2 aromatic rings. The maximum Gasteiger partial charge on any atom is 0.475 e. The molecule has 4 N–H and O–H groups in total. The minimum Gasteiger partial charge on any atom is -0.542 e. The van der Waals surface area contributed by atoms with Crippen molar-refractivity contribution in [3.05, 3.63) is 71.8 Å². The van der Waals surface area contributed by atoms with Crippen LogP contribution in [0.15, 0.2) is 60.7 Å². The lowest BCUT2D eigenvalue weighted by Gasteiger charge is -2.64. The minimum absolute atomic E-state index is 0. The third kappa shape index (κ3) is 12.9. The standard InChI is InChI=1S/C25H37BO3.C15H26BNO2.C10H13NO2.C2HF3O2.CH4/c1-6-10-20(16-21(27)17(2)13-18-11-8-7-9-12-18)26-28-23-15-19-14-22(24(19,3)4)25(23,5)29-26;1-14(2)10-7-11(14)15(3)12(8-10)18-16(19-15)13(17)6-9-4-5-9;1-11-9(10(12)13)7-8-5-3-2-4-6-8;3-2(4,5)1(6)7;/h7-9,11-12,17,19-20,22-23H,6,10,13-16H2,1-5H3;9-13H,4-8,17H2,1-3H3;2-6,9,11H,7H2,1H3,(H,12,13);(H,6,7);1H4/p-1/t17?,19-,20+,22-,23+,25-;10-,11-,12+,13-,15-;;;/m00.../s1. The van der Waals surface area contributed by atoms with E-state index >= 15 is 0 Å². The summed E-state index contributed by atoms with van der Waals surface area (Å²) in [4.78, 5) is 32.5. The number of benzene rings is 2. The number of carboxylic acids is 2. The molecule has 2 saturated heterocycles. The number of halogens is 3. The summed E-state index contributed by atoms with van der Waals surface area (Å²) < 4.78 is 57.3. The summed E-state index contributed by atoms with van der Waals surface area (Å²) >= 11 is 0. The van der Waals surface area contributed by atoms with Gasteiger partial charge in [0.25, 0.3) is 0 Å². The van der Waals surface area contributed by atoms with Crippen molar-refractivity contribution in [3.63, 3.8) is 0 Å². The van der Waals surface area contributed by atoms with Crippen molar-refractivity contribution < 1.29 is 56.4 Å². The van der Waals surface area contributed by atoms with Crippen molar-refractivity contribution >= 4 is 32.0 Å². The molecule has 11 rings (SSSR count). The molecule has 4 bridgehead atoms. The zero-order valence-electron chi connectivity index (χ0n) is 41.7. The molecule has 9 aliphatic rings. The Morgan fingerprint density at radius 1 is 0.812 bits per heavy atom. The van der Waals surface area contributed by atoms with Gasteiger partial charge in [-0.05, 0) is 117 Å². The molecule has 7 saturated carbocycles. The number of carbonyl (C=O) groups excluding carboxylic acids is 2. The van der Waals surface area contributed by atoms with E-state index in [-0.39, 0.29) is 62.7 Å². The van der Waals surface area contributed by atoms with Crippen molar-refractivity contribution in [2.75, 3.05) is 7.05 Å². The Hall–Kier alpha value is -3.27. The Bertz CT molecular complexity index is 2010. The fraction of sp³-hybridized carbons (Fsp3) is 0.717. The number of hydrogen-bond donors (Lipinski definition) is 3. The molecule has 2 aliphatic heterocycles. The summed E-state index contributed by atoms with van der Waals surface area (Å²) in [7, 11) is 1.26. The topological polar surface area (TPSA) is 169 Å². The van der Waals surface area contributed by atoms with Gasteiger partial charge in [-0.3, -0.25) is 9.59 Å². The predicted octanol–water partition coefficient (Wildman–Crippen LogP) is 8.94. The van der Waals surface area contributed by atoms with Gasteiger partial charge in [0.15, 0.2) is 0 Å². The molecule has 69 heavy (non-hydrogen) atoms. The van der Waals surface area contributed by atoms with Crippen LogP contribution in [0.2, 0.25) is 5.82 Å². The first-order chi connectivity index (χ1) is 31.8. The van der Waals surface area contributed by atoms with Crippen LogP contribution >= 0.6 is 0 Å². The summed E-state index contributed by atoms with van der Waals surface area (Å²) in [5, 5.41) is 20.3. The van der Waals surface area contributed by atoms with E-state index in [2.05, 4.69) is 72.8 Å². The molecule has 2 aromatic carbocycles. The maximum atomic E-state index is 13.0. The third-order valence-corrected chi connectivity index (χ3v) is 17.2. The Morgan fingerprint density at radius 3 is 1.67 bits per heavy atom. The van der Waals surface area contributed by atoms with Crippen molar-refractivity contribution in [3.8, 4) is 0 Å². The molecule has 0 aromatic heterocycles. The van der Waals surface area contributed by atoms with Gasteiger partial charge in [0.1, 0.15) is 17.8 Å². The highest BCUT2D eigenvalue weighted by molar-refractivity contribution is 6.48. The fourth-order valence-electron chi connectivity index (χ4n) is 12.4. The lowest BCUT2D eigenvalue weighted by molar-refractivity contribution is -0.344. The van der Waals surface area contributed by atoms with Gasteiger partial charge < -0.3 is 44.7 Å². The number of rotatable bonds is 15. The maximum absolute atomic E-state index is 13.0. The number of hydrogen-bond acceptors (Lipinski definition) is 10. The second-order valence-electron chi connectivity index (χ2n) is 22.5. The van der Waals surface area contributed by atoms with E-state index in [0.29, 0.717) is 41.3 Å². The van der Waals surface area contributed by atoms with Crippen LogP contribution in [0.4, 0.5) is 13.2 Å². The molecular weight excluding hydrogens is 887 g/mol. The first-order valence-electron chi connectivity index (χ1n) is 25.1. The fourth-order valence-corrected chi connectivity index (χ4v) is 12.4. The van der Waals surface area contributed by atoms with Crippen molar-refractivity contribution in [1.29, 1.82) is 0 Å². The van der Waals surface area contributed by atoms with Gasteiger partial charge in [-0.25, -0.2) is 0 Å². The minimum atomic E-state index is -5.19. The van der Waals surface area contributed by atoms with Crippen LogP contribution in [-0.4, -0.2) is 85.7 Å². The largest absolute Gasteiger partial charge is 0.542 e. The lowest BCUT2D eigenvalue weighted by Crippen LogP contribution is -2.65.